The lowest BCUT2D eigenvalue weighted by Gasteiger charge is -2.28. The van der Waals surface area contributed by atoms with Crippen LogP contribution in [0.3, 0.4) is 0 Å². The number of unbranched alkanes of at least 4 members (excludes halogenated alkanes) is 2. The Labute approximate surface area is 185 Å². The summed E-state index contributed by atoms with van der Waals surface area (Å²) in [6.07, 6.45) is 4.77. The number of H-pyrrole nitrogens is 1. The number of ketones is 1. The quantitative estimate of drug-likeness (QED) is 0.493. The van der Waals surface area contributed by atoms with Crippen molar-refractivity contribution in [2.75, 3.05) is 6.54 Å². The van der Waals surface area contributed by atoms with Crippen LogP contribution in [0.25, 0.3) is 10.7 Å². The molecule has 3 aromatic rings. The van der Waals surface area contributed by atoms with Gasteiger partial charge in [-0.05, 0) is 48.6 Å². The maximum Gasteiger partial charge on any atom is 0.268 e. The normalized spacial score (nSPS) is 15.1. The summed E-state index contributed by atoms with van der Waals surface area (Å²) < 4.78 is 5.31. The fourth-order valence-corrected chi connectivity index (χ4v) is 4.84. The number of fused-ring (bicyclic) bond motifs is 1. The van der Waals surface area contributed by atoms with Crippen molar-refractivity contribution in [1.82, 2.24) is 20.4 Å². The van der Waals surface area contributed by atoms with Crippen LogP contribution in [0.5, 0.6) is 0 Å². The number of carbonyl (C=O) groups is 2. The third-order valence-electron chi connectivity index (χ3n) is 5.69. The van der Waals surface area contributed by atoms with Gasteiger partial charge in [0.25, 0.3) is 5.91 Å². The van der Waals surface area contributed by atoms with E-state index in [0.29, 0.717) is 35.9 Å². The number of rotatable bonds is 8. The van der Waals surface area contributed by atoms with E-state index in [2.05, 4.69) is 34.3 Å². The molecule has 31 heavy (non-hydrogen) atoms. The van der Waals surface area contributed by atoms with Crippen LogP contribution in [0.1, 0.15) is 77.5 Å². The third kappa shape index (κ3) is 4.79. The van der Waals surface area contributed by atoms with E-state index in [1.807, 2.05) is 24.4 Å². The highest BCUT2D eigenvalue weighted by Gasteiger charge is 2.35. The lowest BCUT2D eigenvalue weighted by molar-refractivity contribution is 0.0909. The van der Waals surface area contributed by atoms with Crippen LogP contribution >= 0.6 is 11.3 Å². The van der Waals surface area contributed by atoms with Gasteiger partial charge in [-0.1, -0.05) is 31.5 Å². The van der Waals surface area contributed by atoms with Gasteiger partial charge in [0.1, 0.15) is 5.69 Å². The molecule has 1 aliphatic rings. The van der Waals surface area contributed by atoms with Crippen LogP contribution in [-0.2, 0) is 12.8 Å². The minimum absolute atomic E-state index is 0.0714. The lowest BCUT2D eigenvalue weighted by atomic mass is 9.75. The number of thiophene rings is 1. The average molecular weight is 441 g/mol. The predicted octanol–water partition coefficient (Wildman–Crippen LogP) is 4.73. The summed E-state index contributed by atoms with van der Waals surface area (Å²) >= 11 is 1.59. The largest absolute Gasteiger partial charge is 0.354 e. The van der Waals surface area contributed by atoms with Gasteiger partial charge in [-0.2, -0.15) is 4.98 Å². The molecule has 0 aliphatic heterocycles. The van der Waals surface area contributed by atoms with Crippen molar-refractivity contribution in [2.45, 2.75) is 59.3 Å². The molecule has 3 aromatic heterocycles. The van der Waals surface area contributed by atoms with Crippen molar-refractivity contribution in [1.29, 1.82) is 0 Å². The Morgan fingerprint density at radius 2 is 2.13 bits per heavy atom. The smallest absolute Gasteiger partial charge is 0.268 e. The first kappa shape index (κ1) is 21.5. The summed E-state index contributed by atoms with van der Waals surface area (Å²) in [5.74, 6) is 1.27. The van der Waals surface area contributed by atoms with Crippen LogP contribution < -0.4 is 5.32 Å². The monoisotopic (exact) mass is 440 g/mol. The first-order valence-corrected chi connectivity index (χ1v) is 11.6. The van der Waals surface area contributed by atoms with E-state index < -0.39 is 0 Å². The molecule has 0 radical (unpaired) electrons. The lowest BCUT2D eigenvalue weighted by Crippen LogP contribution is -2.26. The van der Waals surface area contributed by atoms with Crippen LogP contribution in [-0.4, -0.2) is 33.4 Å². The van der Waals surface area contributed by atoms with Crippen LogP contribution in [0, 0.1) is 12.3 Å². The highest BCUT2D eigenvalue weighted by Crippen LogP contribution is 2.36. The number of hydrogen-bond acceptors (Lipinski definition) is 6. The topological polar surface area (TPSA) is 101 Å². The number of Topliss-reactive ketones (excluding diaryl/α,β-unsaturated/α-hetero) is 1. The molecule has 2 N–H and O–H groups in total. The van der Waals surface area contributed by atoms with E-state index in [-0.39, 0.29) is 17.1 Å². The average Bonchev–Trinajstić information content (AvgIpc) is 3.43. The van der Waals surface area contributed by atoms with Crippen LogP contribution in [0.4, 0.5) is 0 Å². The fraction of sp³-hybridized carbons (Fsp3) is 0.478. The van der Waals surface area contributed by atoms with Crippen molar-refractivity contribution in [3.8, 4) is 10.7 Å². The van der Waals surface area contributed by atoms with Gasteiger partial charge in [0.05, 0.1) is 4.88 Å². The number of aromatic amines is 1. The SMILES string of the molecule is Cc1c(C(=O)NCCCCCc2nc(-c3cccs3)no2)[nH]c2c1C(=O)CC(C)(C)C2. The van der Waals surface area contributed by atoms with Gasteiger partial charge in [-0.3, -0.25) is 9.59 Å². The number of aryl methyl sites for hydroxylation is 1. The molecule has 0 spiro atoms. The van der Waals surface area contributed by atoms with E-state index in [1.165, 1.54) is 0 Å². The Morgan fingerprint density at radius 1 is 1.29 bits per heavy atom. The fourth-order valence-electron chi connectivity index (χ4n) is 4.19. The second-order valence-electron chi connectivity index (χ2n) is 8.98. The van der Waals surface area contributed by atoms with Crippen molar-refractivity contribution in [2.24, 2.45) is 5.41 Å². The molecule has 0 fully saturated rings. The molecule has 1 amide bonds. The molecule has 7 nitrogen and oxygen atoms in total. The molecule has 0 saturated heterocycles. The Bertz CT molecular complexity index is 1080. The van der Waals surface area contributed by atoms with E-state index >= 15 is 0 Å². The summed E-state index contributed by atoms with van der Waals surface area (Å²) in [6.45, 7) is 6.61. The highest BCUT2D eigenvalue weighted by atomic mass is 32.1. The van der Waals surface area contributed by atoms with E-state index in [1.54, 1.807) is 11.3 Å². The van der Waals surface area contributed by atoms with E-state index in [9.17, 15) is 9.59 Å². The molecule has 164 valence electrons. The van der Waals surface area contributed by atoms with Gasteiger partial charge in [0.2, 0.25) is 11.7 Å². The Hall–Kier alpha value is -2.74. The standard InChI is InChI=1S/C23H28N4O3S/c1-14-19-15(12-23(2,3)13-16(19)28)25-20(14)22(29)24-10-6-4-5-9-18-26-21(27-30-18)17-8-7-11-31-17/h7-8,11,25H,4-6,9-10,12-13H2,1-3H3,(H,24,29). The number of hydrogen-bond donors (Lipinski definition) is 2. The Balaban J connectivity index is 1.22. The van der Waals surface area contributed by atoms with Gasteiger partial charge in [-0.15, -0.1) is 11.3 Å². The molecule has 1 aliphatic carbocycles. The molecular formula is C23H28N4O3S. The molecule has 0 atom stereocenters. The number of amides is 1. The Morgan fingerprint density at radius 3 is 2.90 bits per heavy atom. The highest BCUT2D eigenvalue weighted by molar-refractivity contribution is 7.13. The molecule has 8 heteroatoms. The van der Waals surface area contributed by atoms with Gasteiger partial charge < -0.3 is 14.8 Å². The second kappa shape index (κ2) is 8.78. The summed E-state index contributed by atoms with van der Waals surface area (Å²) in [6, 6.07) is 3.94. The zero-order valence-corrected chi connectivity index (χ0v) is 19.0. The second-order valence-corrected chi connectivity index (χ2v) is 9.92. The van der Waals surface area contributed by atoms with Gasteiger partial charge in [0, 0.05) is 30.6 Å². The predicted molar refractivity (Wildman–Crippen MR) is 119 cm³/mol. The zero-order valence-electron chi connectivity index (χ0n) is 18.2. The van der Waals surface area contributed by atoms with Crippen molar-refractivity contribution in [3.05, 3.63) is 45.9 Å². The van der Waals surface area contributed by atoms with Crippen molar-refractivity contribution in [3.63, 3.8) is 0 Å². The van der Waals surface area contributed by atoms with Crippen molar-refractivity contribution >= 4 is 23.0 Å². The van der Waals surface area contributed by atoms with Crippen LogP contribution in [0.15, 0.2) is 22.0 Å². The molecule has 4 rings (SSSR count). The minimum atomic E-state index is -0.144. The zero-order chi connectivity index (χ0) is 22.0. The summed E-state index contributed by atoms with van der Waals surface area (Å²) in [7, 11) is 0. The molecule has 0 unspecified atom stereocenters. The third-order valence-corrected chi connectivity index (χ3v) is 6.56. The number of carbonyl (C=O) groups excluding carboxylic acids is 2. The molecular weight excluding hydrogens is 412 g/mol. The summed E-state index contributed by atoms with van der Waals surface area (Å²) in [5, 5.41) is 8.98. The first-order valence-electron chi connectivity index (χ1n) is 10.7. The Kier molecular flexibility index (Phi) is 6.09. The molecule has 0 saturated carbocycles. The van der Waals surface area contributed by atoms with Crippen LogP contribution in [0.2, 0.25) is 0 Å². The summed E-state index contributed by atoms with van der Waals surface area (Å²) in [5.41, 5.74) is 2.82. The molecule has 3 heterocycles. The van der Waals surface area contributed by atoms with E-state index in [0.717, 1.165) is 48.2 Å². The summed E-state index contributed by atoms with van der Waals surface area (Å²) in [4.78, 5) is 33.8. The van der Waals surface area contributed by atoms with Crippen molar-refractivity contribution < 1.29 is 14.1 Å². The first-order chi connectivity index (χ1) is 14.8. The number of aromatic nitrogens is 3. The minimum Gasteiger partial charge on any atom is -0.354 e. The van der Waals surface area contributed by atoms with E-state index in [4.69, 9.17) is 4.52 Å². The number of nitrogens with zero attached hydrogens (tertiary/aromatic N) is 2. The van der Waals surface area contributed by atoms with Gasteiger partial charge >= 0.3 is 0 Å². The maximum absolute atomic E-state index is 12.6. The number of nitrogens with one attached hydrogen (secondary N) is 2. The van der Waals surface area contributed by atoms with Gasteiger partial charge in [0.15, 0.2) is 5.78 Å². The molecule has 0 bridgehead atoms. The molecule has 0 aromatic carbocycles. The maximum atomic E-state index is 12.6. The van der Waals surface area contributed by atoms with Gasteiger partial charge in [-0.25, -0.2) is 0 Å².